The number of methoxy groups -OCH3 is 1. The Bertz CT molecular complexity index is 421. The van der Waals surface area contributed by atoms with Crippen LogP contribution in [0.2, 0.25) is 5.02 Å². The molecule has 0 bridgehead atoms. The quantitative estimate of drug-likeness (QED) is 0.723. The lowest BCUT2D eigenvalue weighted by atomic mass is 9.95. The lowest BCUT2D eigenvalue weighted by Crippen LogP contribution is -2.18. The molecule has 0 aromatic heterocycles. The molecule has 2 atom stereocenters. The maximum atomic E-state index is 6.27. The van der Waals surface area contributed by atoms with Crippen LogP contribution in [0.1, 0.15) is 51.9 Å². The summed E-state index contributed by atoms with van der Waals surface area (Å²) in [6.07, 6.45) is 9.23. The van der Waals surface area contributed by atoms with Crippen molar-refractivity contribution < 1.29 is 4.74 Å². The fraction of sp³-hybridized carbons (Fsp3) is 0.647. The first-order valence-electron chi connectivity index (χ1n) is 7.83. The van der Waals surface area contributed by atoms with E-state index in [1.165, 1.54) is 44.9 Å². The predicted octanol–water partition coefficient (Wildman–Crippen LogP) is 5.51. The van der Waals surface area contributed by atoms with Gasteiger partial charge < -0.3 is 10.1 Å². The first-order chi connectivity index (χ1) is 9.72. The van der Waals surface area contributed by atoms with Gasteiger partial charge in [-0.3, -0.25) is 0 Å². The maximum absolute atomic E-state index is 6.27. The summed E-state index contributed by atoms with van der Waals surface area (Å²) in [5.41, 5.74) is 1.00. The molecular formula is C17H26ClNO. The first-order valence-corrected chi connectivity index (χ1v) is 8.20. The summed E-state index contributed by atoms with van der Waals surface area (Å²) < 4.78 is 5.27. The van der Waals surface area contributed by atoms with E-state index in [-0.39, 0.29) is 0 Å². The molecular weight excluding hydrogens is 270 g/mol. The average Bonchev–Trinajstić information content (AvgIpc) is 2.67. The third-order valence-electron chi connectivity index (χ3n) is 4.32. The molecule has 0 amide bonds. The SMILES string of the molecule is CCCC1CCCC(Nc2cc(OC)ccc2Cl)CC1. The molecule has 0 radical (unpaired) electrons. The third-order valence-corrected chi connectivity index (χ3v) is 4.65. The van der Waals surface area contributed by atoms with Gasteiger partial charge in [0.15, 0.2) is 0 Å². The number of hydrogen-bond acceptors (Lipinski definition) is 2. The van der Waals surface area contributed by atoms with Crippen molar-refractivity contribution in [1.29, 1.82) is 0 Å². The van der Waals surface area contributed by atoms with Gasteiger partial charge in [-0.25, -0.2) is 0 Å². The molecule has 3 heteroatoms. The van der Waals surface area contributed by atoms with Crippen LogP contribution < -0.4 is 10.1 Å². The minimum Gasteiger partial charge on any atom is -0.497 e. The van der Waals surface area contributed by atoms with Gasteiger partial charge in [0.25, 0.3) is 0 Å². The molecule has 1 saturated carbocycles. The second-order valence-electron chi connectivity index (χ2n) is 5.85. The smallest absolute Gasteiger partial charge is 0.121 e. The molecule has 20 heavy (non-hydrogen) atoms. The van der Waals surface area contributed by atoms with Gasteiger partial charge in [0.1, 0.15) is 5.75 Å². The maximum Gasteiger partial charge on any atom is 0.121 e. The fourth-order valence-corrected chi connectivity index (χ4v) is 3.35. The van der Waals surface area contributed by atoms with Crippen molar-refractivity contribution in [3.63, 3.8) is 0 Å². The monoisotopic (exact) mass is 295 g/mol. The second-order valence-corrected chi connectivity index (χ2v) is 6.26. The highest BCUT2D eigenvalue weighted by atomic mass is 35.5. The van der Waals surface area contributed by atoms with Gasteiger partial charge in [-0.15, -0.1) is 0 Å². The normalized spacial score (nSPS) is 23.1. The van der Waals surface area contributed by atoms with E-state index in [1.54, 1.807) is 7.11 Å². The van der Waals surface area contributed by atoms with Crippen LogP contribution in [-0.2, 0) is 0 Å². The molecule has 0 heterocycles. The minimum absolute atomic E-state index is 0.543. The van der Waals surface area contributed by atoms with Crippen molar-refractivity contribution in [3.05, 3.63) is 23.2 Å². The second kappa shape index (κ2) is 7.78. The van der Waals surface area contributed by atoms with E-state index < -0.39 is 0 Å². The molecule has 112 valence electrons. The summed E-state index contributed by atoms with van der Waals surface area (Å²) in [5, 5.41) is 4.39. The molecule has 0 saturated heterocycles. The summed E-state index contributed by atoms with van der Waals surface area (Å²) in [6, 6.07) is 6.34. The van der Waals surface area contributed by atoms with E-state index in [2.05, 4.69) is 12.2 Å². The van der Waals surface area contributed by atoms with Crippen molar-refractivity contribution in [1.82, 2.24) is 0 Å². The van der Waals surface area contributed by atoms with Gasteiger partial charge in [-0.1, -0.05) is 44.2 Å². The van der Waals surface area contributed by atoms with Crippen LogP contribution in [0.25, 0.3) is 0 Å². The lowest BCUT2D eigenvalue weighted by Gasteiger charge is -2.19. The summed E-state index contributed by atoms with van der Waals surface area (Å²) in [4.78, 5) is 0. The molecule has 1 fully saturated rings. The first kappa shape index (κ1) is 15.5. The Hall–Kier alpha value is -0.890. The van der Waals surface area contributed by atoms with Crippen LogP contribution >= 0.6 is 11.6 Å². The molecule has 1 aromatic carbocycles. The Kier molecular flexibility index (Phi) is 6.03. The van der Waals surface area contributed by atoms with Crippen molar-refractivity contribution in [2.45, 2.75) is 57.9 Å². The number of halogens is 1. The Balaban J connectivity index is 1.96. The topological polar surface area (TPSA) is 21.3 Å². The highest BCUT2D eigenvalue weighted by molar-refractivity contribution is 6.33. The summed E-state index contributed by atoms with van der Waals surface area (Å²) in [7, 11) is 1.69. The van der Waals surface area contributed by atoms with Gasteiger partial charge in [0.05, 0.1) is 17.8 Å². The lowest BCUT2D eigenvalue weighted by molar-refractivity contribution is 0.415. The van der Waals surface area contributed by atoms with E-state index in [0.717, 1.165) is 22.4 Å². The van der Waals surface area contributed by atoms with E-state index >= 15 is 0 Å². The molecule has 2 unspecified atom stereocenters. The van der Waals surface area contributed by atoms with Crippen molar-refractivity contribution in [2.75, 3.05) is 12.4 Å². The van der Waals surface area contributed by atoms with Crippen molar-refractivity contribution in [3.8, 4) is 5.75 Å². The van der Waals surface area contributed by atoms with Gasteiger partial charge >= 0.3 is 0 Å². The van der Waals surface area contributed by atoms with E-state index in [0.29, 0.717) is 6.04 Å². The van der Waals surface area contributed by atoms with E-state index in [9.17, 15) is 0 Å². The molecule has 1 aliphatic carbocycles. The summed E-state index contributed by atoms with van der Waals surface area (Å²) in [5.74, 6) is 1.78. The number of hydrogen-bond donors (Lipinski definition) is 1. The van der Waals surface area contributed by atoms with Crippen LogP contribution in [0.5, 0.6) is 5.75 Å². The zero-order chi connectivity index (χ0) is 14.4. The molecule has 0 aliphatic heterocycles. The van der Waals surface area contributed by atoms with Gasteiger partial charge in [-0.05, 0) is 37.3 Å². The van der Waals surface area contributed by atoms with Crippen LogP contribution in [0.3, 0.4) is 0 Å². The molecule has 1 N–H and O–H groups in total. The Morgan fingerprint density at radius 2 is 2.10 bits per heavy atom. The zero-order valence-electron chi connectivity index (χ0n) is 12.6. The summed E-state index contributed by atoms with van der Waals surface area (Å²) in [6.45, 7) is 2.29. The predicted molar refractivity (Wildman–Crippen MR) is 86.9 cm³/mol. The third kappa shape index (κ3) is 4.31. The van der Waals surface area contributed by atoms with Crippen molar-refractivity contribution >= 4 is 17.3 Å². The fourth-order valence-electron chi connectivity index (χ4n) is 3.18. The molecule has 1 aliphatic rings. The molecule has 2 rings (SSSR count). The van der Waals surface area contributed by atoms with Gasteiger partial charge in [0, 0.05) is 12.1 Å². The molecule has 0 spiro atoms. The highest BCUT2D eigenvalue weighted by Gasteiger charge is 2.19. The molecule has 2 nitrogen and oxygen atoms in total. The largest absolute Gasteiger partial charge is 0.497 e. The van der Waals surface area contributed by atoms with Crippen LogP contribution in [-0.4, -0.2) is 13.2 Å². The van der Waals surface area contributed by atoms with Gasteiger partial charge in [-0.2, -0.15) is 0 Å². The Morgan fingerprint density at radius 3 is 2.85 bits per heavy atom. The standard InChI is InChI=1S/C17H26ClNO/c1-3-5-13-6-4-7-14(9-8-13)19-17-12-15(20-2)10-11-16(17)18/h10-14,19H,3-9H2,1-2H3. The number of rotatable bonds is 5. The van der Waals surface area contributed by atoms with Crippen molar-refractivity contribution in [2.24, 2.45) is 5.92 Å². The van der Waals surface area contributed by atoms with Crippen LogP contribution in [0.15, 0.2) is 18.2 Å². The number of anilines is 1. The number of benzene rings is 1. The van der Waals surface area contributed by atoms with Crippen LogP contribution in [0.4, 0.5) is 5.69 Å². The van der Waals surface area contributed by atoms with Gasteiger partial charge in [0.2, 0.25) is 0 Å². The summed E-state index contributed by atoms with van der Waals surface area (Å²) >= 11 is 6.27. The van der Waals surface area contributed by atoms with E-state index in [1.807, 2.05) is 18.2 Å². The average molecular weight is 296 g/mol. The minimum atomic E-state index is 0.543. The Labute approximate surface area is 127 Å². The zero-order valence-corrected chi connectivity index (χ0v) is 13.4. The number of nitrogens with one attached hydrogen (secondary N) is 1. The highest BCUT2D eigenvalue weighted by Crippen LogP contribution is 2.31. The number of ether oxygens (including phenoxy) is 1. The van der Waals surface area contributed by atoms with Crippen LogP contribution in [0, 0.1) is 5.92 Å². The van der Waals surface area contributed by atoms with E-state index in [4.69, 9.17) is 16.3 Å². The molecule has 1 aromatic rings. The Morgan fingerprint density at radius 1 is 1.25 bits per heavy atom.